The SMILES string of the molecule is COc1cccc2oc(-c3ccc(C(=O)O)[nH]3)cc12. The highest BCUT2D eigenvalue weighted by Crippen LogP contribution is 2.32. The fraction of sp³-hybridized carbons (Fsp3) is 0.0714. The Morgan fingerprint density at radius 3 is 2.84 bits per heavy atom. The van der Waals surface area contributed by atoms with Crippen molar-refractivity contribution >= 4 is 16.9 Å². The number of carboxylic acid groups (broad SMARTS) is 1. The summed E-state index contributed by atoms with van der Waals surface area (Å²) in [5.74, 6) is 0.296. The van der Waals surface area contributed by atoms with Crippen molar-refractivity contribution in [2.75, 3.05) is 7.11 Å². The Labute approximate surface area is 108 Å². The summed E-state index contributed by atoms with van der Waals surface area (Å²) in [6.07, 6.45) is 0. The molecular formula is C14H11NO4. The first-order chi connectivity index (χ1) is 9.19. The van der Waals surface area contributed by atoms with Crippen molar-refractivity contribution in [2.24, 2.45) is 0 Å². The van der Waals surface area contributed by atoms with Crippen LogP contribution in [0.5, 0.6) is 5.75 Å². The van der Waals surface area contributed by atoms with Gasteiger partial charge >= 0.3 is 5.97 Å². The Morgan fingerprint density at radius 2 is 2.16 bits per heavy atom. The average molecular weight is 257 g/mol. The number of H-pyrrole nitrogens is 1. The van der Waals surface area contributed by atoms with Crippen molar-refractivity contribution in [3.05, 3.63) is 42.1 Å². The number of furan rings is 1. The number of carbonyl (C=O) groups is 1. The number of aromatic amines is 1. The highest BCUT2D eigenvalue weighted by molar-refractivity contribution is 5.89. The minimum Gasteiger partial charge on any atom is -0.496 e. The molecule has 0 bridgehead atoms. The van der Waals surface area contributed by atoms with Gasteiger partial charge < -0.3 is 19.2 Å². The first-order valence-electron chi connectivity index (χ1n) is 5.68. The quantitative estimate of drug-likeness (QED) is 0.755. The lowest BCUT2D eigenvalue weighted by molar-refractivity contribution is 0.0691. The standard InChI is InChI=1S/C14H11NO4/c1-18-11-3-2-4-12-8(11)7-13(19-12)9-5-6-10(15-9)14(16)17/h2-7,15H,1H3,(H,16,17). The second-order valence-electron chi connectivity index (χ2n) is 4.07. The summed E-state index contributed by atoms with van der Waals surface area (Å²) in [5.41, 5.74) is 1.44. The fourth-order valence-corrected chi connectivity index (χ4v) is 2.01. The van der Waals surface area contributed by atoms with Gasteiger partial charge in [-0.3, -0.25) is 0 Å². The molecule has 2 N–H and O–H groups in total. The molecule has 0 radical (unpaired) electrons. The minimum absolute atomic E-state index is 0.127. The molecule has 0 aliphatic rings. The van der Waals surface area contributed by atoms with Crippen molar-refractivity contribution in [3.63, 3.8) is 0 Å². The summed E-state index contributed by atoms with van der Waals surface area (Å²) in [4.78, 5) is 13.6. The smallest absolute Gasteiger partial charge is 0.352 e. The van der Waals surface area contributed by atoms with Gasteiger partial charge in [0.1, 0.15) is 17.0 Å². The maximum absolute atomic E-state index is 10.8. The Balaban J connectivity index is 2.12. The maximum Gasteiger partial charge on any atom is 0.352 e. The Bertz CT molecular complexity index is 754. The van der Waals surface area contributed by atoms with Crippen LogP contribution in [0.15, 0.2) is 40.8 Å². The number of fused-ring (bicyclic) bond motifs is 1. The highest BCUT2D eigenvalue weighted by atomic mass is 16.5. The van der Waals surface area contributed by atoms with Crippen LogP contribution in [0.25, 0.3) is 22.4 Å². The van der Waals surface area contributed by atoms with Crippen LogP contribution in [0.4, 0.5) is 0 Å². The van der Waals surface area contributed by atoms with Crippen LogP contribution in [0.3, 0.4) is 0 Å². The zero-order valence-corrected chi connectivity index (χ0v) is 10.1. The van der Waals surface area contributed by atoms with E-state index >= 15 is 0 Å². The van der Waals surface area contributed by atoms with Crippen LogP contribution in [0.1, 0.15) is 10.5 Å². The molecule has 96 valence electrons. The number of aromatic carboxylic acids is 1. The number of ether oxygens (including phenoxy) is 1. The Hall–Kier alpha value is -2.69. The largest absolute Gasteiger partial charge is 0.496 e. The third-order valence-corrected chi connectivity index (χ3v) is 2.92. The molecule has 0 spiro atoms. The number of rotatable bonds is 3. The molecule has 19 heavy (non-hydrogen) atoms. The van der Waals surface area contributed by atoms with Gasteiger partial charge in [0, 0.05) is 0 Å². The van der Waals surface area contributed by atoms with Gasteiger partial charge in [-0.15, -0.1) is 0 Å². The lowest BCUT2D eigenvalue weighted by Crippen LogP contribution is -1.95. The van der Waals surface area contributed by atoms with E-state index in [9.17, 15) is 4.79 Å². The van der Waals surface area contributed by atoms with Crippen molar-refractivity contribution < 1.29 is 19.1 Å². The minimum atomic E-state index is -1.00. The number of carboxylic acids is 1. The first-order valence-corrected chi connectivity index (χ1v) is 5.68. The molecule has 0 saturated carbocycles. The number of methoxy groups -OCH3 is 1. The van der Waals surface area contributed by atoms with Crippen LogP contribution >= 0.6 is 0 Å². The maximum atomic E-state index is 10.8. The van der Waals surface area contributed by atoms with Crippen molar-refractivity contribution in [1.82, 2.24) is 4.98 Å². The molecule has 3 rings (SSSR count). The van der Waals surface area contributed by atoms with Gasteiger partial charge in [0.25, 0.3) is 0 Å². The van der Waals surface area contributed by atoms with E-state index in [0.29, 0.717) is 17.0 Å². The molecule has 0 aliphatic heterocycles. The van der Waals surface area contributed by atoms with Gasteiger partial charge in [0.2, 0.25) is 0 Å². The van der Waals surface area contributed by atoms with E-state index in [1.165, 1.54) is 6.07 Å². The van der Waals surface area contributed by atoms with E-state index in [2.05, 4.69) is 4.98 Å². The van der Waals surface area contributed by atoms with Gasteiger partial charge in [-0.2, -0.15) is 0 Å². The van der Waals surface area contributed by atoms with Crippen LogP contribution in [0.2, 0.25) is 0 Å². The van der Waals surface area contributed by atoms with E-state index in [-0.39, 0.29) is 5.69 Å². The molecule has 5 heteroatoms. The molecule has 0 aliphatic carbocycles. The van der Waals surface area contributed by atoms with Gasteiger partial charge in [-0.1, -0.05) is 6.07 Å². The summed E-state index contributed by atoms with van der Waals surface area (Å²) in [5, 5.41) is 9.74. The molecular weight excluding hydrogens is 246 g/mol. The van der Waals surface area contributed by atoms with Crippen LogP contribution in [0, 0.1) is 0 Å². The first kappa shape index (κ1) is 11.4. The summed E-state index contributed by atoms with van der Waals surface area (Å²) < 4.78 is 10.9. The number of hydrogen-bond acceptors (Lipinski definition) is 3. The fourth-order valence-electron chi connectivity index (χ4n) is 2.01. The zero-order valence-electron chi connectivity index (χ0n) is 10.1. The third-order valence-electron chi connectivity index (χ3n) is 2.92. The van der Waals surface area contributed by atoms with E-state index in [4.69, 9.17) is 14.3 Å². The Kier molecular flexibility index (Phi) is 2.52. The molecule has 0 atom stereocenters. The zero-order chi connectivity index (χ0) is 13.4. The molecule has 0 fully saturated rings. The van der Waals surface area contributed by atoms with Crippen LogP contribution in [-0.4, -0.2) is 23.2 Å². The molecule has 3 aromatic rings. The van der Waals surface area contributed by atoms with Crippen molar-refractivity contribution in [2.45, 2.75) is 0 Å². The van der Waals surface area contributed by atoms with E-state index < -0.39 is 5.97 Å². The van der Waals surface area contributed by atoms with Crippen LogP contribution < -0.4 is 4.74 Å². The molecule has 2 aromatic heterocycles. The number of benzene rings is 1. The highest BCUT2D eigenvalue weighted by Gasteiger charge is 2.13. The molecule has 5 nitrogen and oxygen atoms in total. The van der Waals surface area contributed by atoms with Crippen LogP contribution in [-0.2, 0) is 0 Å². The molecule has 1 aromatic carbocycles. The van der Waals surface area contributed by atoms with Gasteiger partial charge in [-0.25, -0.2) is 4.79 Å². The van der Waals surface area contributed by atoms with Crippen molar-refractivity contribution in [1.29, 1.82) is 0 Å². The monoisotopic (exact) mass is 257 g/mol. The van der Waals surface area contributed by atoms with E-state index in [1.54, 1.807) is 13.2 Å². The predicted octanol–water partition coefficient (Wildman–Crippen LogP) is 3.13. The summed E-state index contributed by atoms with van der Waals surface area (Å²) in [6, 6.07) is 10.5. The van der Waals surface area contributed by atoms with E-state index in [1.807, 2.05) is 24.3 Å². The van der Waals surface area contributed by atoms with Gasteiger partial charge in [0.05, 0.1) is 18.2 Å². The van der Waals surface area contributed by atoms with E-state index in [0.717, 1.165) is 11.1 Å². The second kappa shape index (κ2) is 4.20. The third kappa shape index (κ3) is 1.85. The average Bonchev–Trinajstić information content (AvgIpc) is 3.04. The van der Waals surface area contributed by atoms with Gasteiger partial charge in [0.15, 0.2) is 5.76 Å². The number of hydrogen-bond donors (Lipinski definition) is 2. The predicted molar refractivity (Wildman–Crippen MR) is 69.5 cm³/mol. The Morgan fingerprint density at radius 1 is 1.32 bits per heavy atom. The molecule has 0 amide bonds. The molecule has 2 heterocycles. The lowest BCUT2D eigenvalue weighted by Gasteiger charge is -1.98. The summed E-state index contributed by atoms with van der Waals surface area (Å²) >= 11 is 0. The number of aromatic nitrogens is 1. The summed E-state index contributed by atoms with van der Waals surface area (Å²) in [7, 11) is 1.60. The number of nitrogens with one attached hydrogen (secondary N) is 1. The van der Waals surface area contributed by atoms with Crippen molar-refractivity contribution in [3.8, 4) is 17.2 Å². The summed E-state index contributed by atoms with van der Waals surface area (Å²) in [6.45, 7) is 0. The molecule has 0 saturated heterocycles. The lowest BCUT2D eigenvalue weighted by atomic mass is 10.2. The molecule has 0 unspecified atom stereocenters. The van der Waals surface area contributed by atoms with Gasteiger partial charge in [-0.05, 0) is 30.3 Å². The second-order valence-corrected chi connectivity index (χ2v) is 4.07. The normalized spacial score (nSPS) is 10.8. The topological polar surface area (TPSA) is 75.5 Å².